The summed E-state index contributed by atoms with van der Waals surface area (Å²) in [7, 11) is 1.81. The molecule has 0 aromatic heterocycles. The first kappa shape index (κ1) is 11.9. The van der Waals surface area contributed by atoms with Crippen LogP contribution in [-0.4, -0.2) is 25.7 Å². The first-order valence-electron chi connectivity index (χ1n) is 5.87. The Kier molecular flexibility index (Phi) is 3.64. The molecule has 4 heteroatoms. The lowest BCUT2D eigenvalue weighted by Gasteiger charge is -2.14. The van der Waals surface area contributed by atoms with Gasteiger partial charge in [-0.05, 0) is 31.7 Å². The van der Waals surface area contributed by atoms with Gasteiger partial charge in [-0.15, -0.1) is 0 Å². The van der Waals surface area contributed by atoms with Crippen LogP contribution in [0.3, 0.4) is 0 Å². The minimum Gasteiger partial charge on any atom is -0.454 e. The van der Waals surface area contributed by atoms with Crippen LogP contribution in [0, 0.1) is 0 Å². The standard InChI is InChI=1S/C13H17NO3/c1-3-4-10(14-2)13(15)9-5-6-11-12(7-9)17-8-16-11/h5-7,10,14H,3-4,8H2,1-2H3/t10-/m0/s1. The number of ether oxygens (including phenoxy) is 2. The van der Waals surface area contributed by atoms with Gasteiger partial charge in [0.2, 0.25) is 6.79 Å². The number of benzene rings is 1. The van der Waals surface area contributed by atoms with E-state index < -0.39 is 0 Å². The van der Waals surface area contributed by atoms with Crippen molar-refractivity contribution in [2.45, 2.75) is 25.8 Å². The van der Waals surface area contributed by atoms with Crippen molar-refractivity contribution in [3.05, 3.63) is 23.8 Å². The molecule has 1 heterocycles. The molecule has 0 spiro atoms. The number of hydrogen-bond donors (Lipinski definition) is 1. The Morgan fingerprint density at radius 1 is 1.41 bits per heavy atom. The van der Waals surface area contributed by atoms with Crippen molar-refractivity contribution >= 4 is 5.78 Å². The molecule has 0 aliphatic carbocycles. The third kappa shape index (κ3) is 2.42. The number of rotatable bonds is 5. The molecule has 0 unspecified atom stereocenters. The van der Waals surface area contributed by atoms with Crippen LogP contribution in [0.2, 0.25) is 0 Å². The van der Waals surface area contributed by atoms with Gasteiger partial charge in [0.15, 0.2) is 17.3 Å². The fourth-order valence-corrected chi connectivity index (χ4v) is 1.95. The van der Waals surface area contributed by atoms with Gasteiger partial charge in [-0.3, -0.25) is 4.79 Å². The van der Waals surface area contributed by atoms with Crippen molar-refractivity contribution in [2.75, 3.05) is 13.8 Å². The van der Waals surface area contributed by atoms with E-state index in [0.29, 0.717) is 17.1 Å². The van der Waals surface area contributed by atoms with Gasteiger partial charge in [-0.25, -0.2) is 0 Å². The zero-order valence-corrected chi connectivity index (χ0v) is 10.2. The molecule has 4 nitrogen and oxygen atoms in total. The summed E-state index contributed by atoms with van der Waals surface area (Å²) in [5.41, 5.74) is 0.669. The molecule has 1 N–H and O–H groups in total. The summed E-state index contributed by atoms with van der Waals surface area (Å²) < 4.78 is 10.5. The van der Waals surface area contributed by atoms with Crippen molar-refractivity contribution in [1.29, 1.82) is 0 Å². The highest BCUT2D eigenvalue weighted by Crippen LogP contribution is 2.32. The second-order valence-corrected chi connectivity index (χ2v) is 4.06. The molecule has 0 bridgehead atoms. The predicted octanol–water partition coefficient (Wildman–Crippen LogP) is 1.99. The Hall–Kier alpha value is -1.55. The highest BCUT2D eigenvalue weighted by atomic mass is 16.7. The largest absolute Gasteiger partial charge is 0.454 e. The molecule has 1 aliphatic rings. The summed E-state index contributed by atoms with van der Waals surface area (Å²) in [6.07, 6.45) is 1.81. The third-order valence-electron chi connectivity index (χ3n) is 2.90. The molecule has 0 saturated carbocycles. The molecule has 2 rings (SSSR count). The Morgan fingerprint density at radius 3 is 2.88 bits per heavy atom. The molecule has 0 radical (unpaired) electrons. The maximum absolute atomic E-state index is 12.2. The number of carbonyl (C=O) groups is 1. The Labute approximate surface area is 101 Å². The highest BCUT2D eigenvalue weighted by molar-refractivity contribution is 6.00. The number of likely N-dealkylation sites (N-methyl/N-ethyl adjacent to an activating group) is 1. The van der Waals surface area contributed by atoms with Gasteiger partial charge in [0.05, 0.1) is 6.04 Å². The summed E-state index contributed by atoms with van der Waals surface area (Å²) >= 11 is 0. The average molecular weight is 235 g/mol. The molecular weight excluding hydrogens is 218 g/mol. The number of carbonyl (C=O) groups excluding carboxylic acids is 1. The molecule has 1 aliphatic heterocycles. The number of hydrogen-bond acceptors (Lipinski definition) is 4. The summed E-state index contributed by atoms with van der Waals surface area (Å²) in [4.78, 5) is 12.2. The van der Waals surface area contributed by atoms with Crippen LogP contribution in [0.25, 0.3) is 0 Å². The molecule has 1 aromatic carbocycles. The zero-order chi connectivity index (χ0) is 12.3. The fraction of sp³-hybridized carbons (Fsp3) is 0.462. The van der Waals surface area contributed by atoms with Crippen LogP contribution < -0.4 is 14.8 Å². The number of nitrogens with one attached hydrogen (secondary N) is 1. The van der Waals surface area contributed by atoms with Crippen LogP contribution in [0.5, 0.6) is 11.5 Å². The van der Waals surface area contributed by atoms with E-state index in [4.69, 9.17) is 9.47 Å². The van der Waals surface area contributed by atoms with Crippen molar-refractivity contribution in [2.24, 2.45) is 0 Å². The molecular formula is C13H17NO3. The molecule has 0 amide bonds. The molecule has 17 heavy (non-hydrogen) atoms. The second kappa shape index (κ2) is 5.19. The third-order valence-corrected chi connectivity index (χ3v) is 2.90. The lowest BCUT2D eigenvalue weighted by atomic mass is 10.0. The van der Waals surface area contributed by atoms with Crippen LogP contribution in [0.15, 0.2) is 18.2 Å². The monoisotopic (exact) mass is 235 g/mol. The van der Waals surface area contributed by atoms with Crippen molar-refractivity contribution < 1.29 is 14.3 Å². The van der Waals surface area contributed by atoms with E-state index in [9.17, 15) is 4.79 Å². The minimum atomic E-state index is -0.125. The molecule has 92 valence electrons. The number of Topliss-reactive ketones (excluding diaryl/α,β-unsaturated/α-hetero) is 1. The quantitative estimate of drug-likeness (QED) is 0.793. The number of ketones is 1. The summed E-state index contributed by atoms with van der Waals surface area (Å²) in [6, 6.07) is 5.20. The van der Waals surface area contributed by atoms with Crippen LogP contribution in [0.1, 0.15) is 30.1 Å². The predicted molar refractivity (Wildman–Crippen MR) is 64.7 cm³/mol. The van der Waals surface area contributed by atoms with Crippen molar-refractivity contribution in [3.8, 4) is 11.5 Å². The van der Waals surface area contributed by atoms with Gasteiger partial charge < -0.3 is 14.8 Å². The molecule has 0 fully saturated rings. The van der Waals surface area contributed by atoms with E-state index in [1.807, 2.05) is 7.05 Å². The van der Waals surface area contributed by atoms with E-state index in [0.717, 1.165) is 12.8 Å². The molecule has 1 atom stereocenters. The molecule has 0 saturated heterocycles. The lowest BCUT2D eigenvalue weighted by molar-refractivity contribution is 0.0941. The topological polar surface area (TPSA) is 47.6 Å². The first-order chi connectivity index (χ1) is 8.26. The van der Waals surface area contributed by atoms with E-state index >= 15 is 0 Å². The van der Waals surface area contributed by atoms with Gasteiger partial charge in [0.25, 0.3) is 0 Å². The maximum atomic E-state index is 12.2. The van der Waals surface area contributed by atoms with Gasteiger partial charge in [0.1, 0.15) is 0 Å². The minimum absolute atomic E-state index is 0.104. The SMILES string of the molecule is CCC[C@H](NC)C(=O)c1ccc2c(c1)OCO2. The van der Waals surface area contributed by atoms with Crippen LogP contribution in [-0.2, 0) is 0 Å². The van der Waals surface area contributed by atoms with Gasteiger partial charge in [0, 0.05) is 5.56 Å². The summed E-state index contributed by atoms with van der Waals surface area (Å²) in [5.74, 6) is 1.47. The Balaban J connectivity index is 2.19. The molecule has 1 aromatic rings. The van der Waals surface area contributed by atoms with Crippen molar-refractivity contribution in [3.63, 3.8) is 0 Å². The maximum Gasteiger partial charge on any atom is 0.231 e. The summed E-state index contributed by atoms with van der Waals surface area (Å²) in [6.45, 7) is 2.30. The van der Waals surface area contributed by atoms with Gasteiger partial charge in [-0.2, -0.15) is 0 Å². The lowest BCUT2D eigenvalue weighted by Crippen LogP contribution is -2.33. The highest BCUT2D eigenvalue weighted by Gasteiger charge is 2.20. The van der Waals surface area contributed by atoms with E-state index in [1.54, 1.807) is 18.2 Å². The second-order valence-electron chi connectivity index (χ2n) is 4.06. The van der Waals surface area contributed by atoms with E-state index in [-0.39, 0.29) is 18.6 Å². The average Bonchev–Trinajstić information content (AvgIpc) is 2.82. The van der Waals surface area contributed by atoms with Gasteiger partial charge in [-0.1, -0.05) is 13.3 Å². The zero-order valence-electron chi connectivity index (χ0n) is 10.2. The van der Waals surface area contributed by atoms with Gasteiger partial charge >= 0.3 is 0 Å². The Morgan fingerprint density at radius 2 is 2.18 bits per heavy atom. The van der Waals surface area contributed by atoms with Crippen LogP contribution >= 0.6 is 0 Å². The van der Waals surface area contributed by atoms with E-state index in [2.05, 4.69) is 12.2 Å². The van der Waals surface area contributed by atoms with Crippen LogP contribution in [0.4, 0.5) is 0 Å². The Bertz CT molecular complexity index is 417. The first-order valence-corrected chi connectivity index (χ1v) is 5.87. The summed E-state index contributed by atoms with van der Waals surface area (Å²) in [5, 5.41) is 3.05. The van der Waals surface area contributed by atoms with Crippen molar-refractivity contribution in [1.82, 2.24) is 5.32 Å². The van der Waals surface area contributed by atoms with E-state index in [1.165, 1.54) is 0 Å². The number of fused-ring (bicyclic) bond motifs is 1. The fourth-order valence-electron chi connectivity index (χ4n) is 1.95. The normalized spacial score (nSPS) is 14.7. The smallest absolute Gasteiger partial charge is 0.231 e.